The standard InChI is InChI=1S/C16H18N2O8S/c1-23-11(19)5-9-10(6-17)15(27-14(9)16(22)26-4)18(7-12(20)24-2)8-13(21)25-3/h5,7-8H2,1-4H3. The van der Waals surface area contributed by atoms with E-state index in [2.05, 4.69) is 14.2 Å². The minimum atomic E-state index is -0.766. The van der Waals surface area contributed by atoms with Crippen LogP contribution in [0.4, 0.5) is 5.00 Å². The molecule has 0 amide bonds. The van der Waals surface area contributed by atoms with E-state index in [0.717, 1.165) is 18.4 Å². The summed E-state index contributed by atoms with van der Waals surface area (Å²) >= 11 is 0.814. The van der Waals surface area contributed by atoms with Gasteiger partial charge >= 0.3 is 23.9 Å². The van der Waals surface area contributed by atoms with E-state index in [-0.39, 0.29) is 40.5 Å². The van der Waals surface area contributed by atoms with Crippen molar-refractivity contribution in [2.45, 2.75) is 6.42 Å². The fraction of sp³-hybridized carbons (Fsp3) is 0.438. The van der Waals surface area contributed by atoms with Crippen LogP contribution in [0.3, 0.4) is 0 Å². The van der Waals surface area contributed by atoms with Gasteiger partial charge in [-0.3, -0.25) is 14.4 Å². The zero-order chi connectivity index (χ0) is 20.6. The van der Waals surface area contributed by atoms with E-state index >= 15 is 0 Å². The van der Waals surface area contributed by atoms with Crippen LogP contribution in [0, 0.1) is 11.3 Å². The van der Waals surface area contributed by atoms with Gasteiger partial charge in [0.1, 0.15) is 29.0 Å². The first-order valence-electron chi connectivity index (χ1n) is 7.42. The maximum atomic E-state index is 12.1. The van der Waals surface area contributed by atoms with Crippen LogP contribution in [0.5, 0.6) is 0 Å². The van der Waals surface area contributed by atoms with Crippen LogP contribution in [0.15, 0.2) is 0 Å². The molecule has 10 nitrogen and oxygen atoms in total. The van der Waals surface area contributed by atoms with E-state index in [4.69, 9.17) is 4.74 Å². The summed E-state index contributed by atoms with van der Waals surface area (Å²) in [7, 11) is 4.65. The predicted octanol–water partition coefficient (Wildman–Crippen LogP) is 0.274. The molecule has 0 saturated heterocycles. The molecule has 0 aliphatic carbocycles. The third kappa shape index (κ3) is 5.42. The van der Waals surface area contributed by atoms with E-state index < -0.39 is 23.9 Å². The van der Waals surface area contributed by atoms with Gasteiger partial charge in [0.15, 0.2) is 0 Å². The highest BCUT2D eigenvalue weighted by molar-refractivity contribution is 7.18. The average molecular weight is 398 g/mol. The van der Waals surface area contributed by atoms with Gasteiger partial charge in [-0.25, -0.2) is 4.79 Å². The molecule has 0 fully saturated rings. The second-order valence-electron chi connectivity index (χ2n) is 4.95. The van der Waals surface area contributed by atoms with Gasteiger partial charge in [-0.1, -0.05) is 0 Å². The minimum Gasteiger partial charge on any atom is -0.469 e. The number of hydrogen-bond acceptors (Lipinski definition) is 11. The number of carbonyl (C=O) groups excluding carboxylic acids is 4. The number of nitrogens with zero attached hydrogens (tertiary/aromatic N) is 2. The molecular weight excluding hydrogens is 380 g/mol. The highest BCUT2D eigenvalue weighted by Gasteiger charge is 2.30. The molecule has 27 heavy (non-hydrogen) atoms. The predicted molar refractivity (Wildman–Crippen MR) is 92.3 cm³/mol. The molecular formula is C16H18N2O8S. The molecule has 11 heteroatoms. The lowest BCUT2D eigenvalue weighted by atomic mass is 10.1. The lowest BCUT2D eigenvalue weighted by Crippen LogP contribution is -2.35. The zero-order valence-electron chi connectivity index (χ0n) is 15.2. The normalized spacial score (nSPS) is 9.74. The van der Waals surface area contributed by atoms with Crippen LogP contribution in [-0.4, -0.2) is 65.4 Å². The van der Waals surface area contributed by atoms with Crippen LogP contribution >= 0.6 is 11.3 Å². The molecule has 146 valence electrons. The van der Waals surface area contributed by atoms with Crippen molar-refractivity contribution in [2.75, 3.05) is 46.4 Å². The Morgan fingerprint density at radius 3 is 1.85 bits per heavy atom. The van der Waals surface area contributed by atoms with Gasteiger partial charge in [-0.15, -0.1) is 11.3 Å². The molecule has 1 rings (SSSR count). The minimum absolute atomic E-state index is 0.00539. The van der Waals surface area contributed by atoms with E-state index in [9.17, 15) is 24.4 Å². The second-order valence-corrected chi connectivity index (χ2v) is 5.95. The molecule has 1 heterocycles. The summed E-state index contributed by atoms with van der Waals surface area (Å²) < 4.78 is 18.5. The molecule has 0 bridgehead atoms. The Bertz CT molecular complexity index is 762. The summed E-state index contributed by atoms with van der Waals surface area (Å²) in [6.07, 6.45) is -0.357. The topological polar surface area (TPSA) is 132 Å². The molecule has 0 aromatic carbocycles. The number of carbonyl (C=O) groups is 4. The fourth-order valence-electron chi connectivity index (χ4n) is 2.07. The number of rotatable bonds is 8. The van der Waals surface area contributed by atoms with Crippen molar-refractivity contribution in [3.05, 3.63) is 16.0 Å². The molecule has 0 saturated carbocycles. The smallest absolute Gasteiger partial charge is 0.348 e. The molecule has 0 atom stereocenters. The number of hydrogen-bond donors (Lipinski definition) is 0. The summed E-state index contributed by atoms with van der Waals surface area (Å²) in [5, 5.41) is 9.71. The van der Waals surface area contributed by atoms with Crippen LogP contribution in [-0.2, 0) is 39.8 Å². The van der Waals surface area contributed by atoms with Crippen molar-refractivity contribution in [3.63, 3.8) is 0 Å². The number of esters is 4. The van der Waals surface area contributed by atoms with Gasteiger partial charge in [-0.05, 0) is 0 Å². The average Bonchev–Trinajstić information content (AvgIpc) is 3.04. The molecule has 0 spiro atoms. The SMILES string of the molecule is COC(=O)Cc1c(C(=O)OC)sc(N(CC(=O)OC)CC(=O)OC)c1C#N. The van der Waals surface area contributed by atoms with Crippen molar-refractivity contribution in [1.29, 1.82) is 5.26 Å². The van der Waals surface area contributed by atoms with Gasteiger partial charge in [0, 0.05) is 5.56 Å². The third-order valence-corrected chi connectivity index (χ3v) is 4.68. The van der Waals surface area contributed by atoms with Crippen LogP contribution in [0.2, 0.25) is 0 Å². The van der Waals surface area contributed by atoms with Gasteiger partial charge in [0.05, 0.1) is 40.4 Å². The molecule has 0 aliphatic rings. The summed E-state index contributed by atoms with van der Waals surface area (Å²) in [5.41, 5.74) is 0.0505. The van der Waals surface area contributed by atoms with Crippen molar-refractivity contribution in [2.24, 2.45) is 0 Å². The van der Waals surface area contributed by atoms with E-state index in [1.807, 2.05) is 6.07 Å². The Balaban J connectivity index is 3.54. The lowest BCUT2D eigenvalue weighted by molar-refractivity contribution is -0.141. The van der Waals surface area contributed by atoms with Gasteiger partial charge < -0.3 is 23.8 Å². The van der Waals surface area contributed by atoms with Crippen molar-refractivity contribution >= 4 is 40.2 Å². The largest absolute Gasteiger partial charge is 0.469 e. The van der Waals surface area contributed by atoms with Gasteiger partial charge in [0.25, 0.3) is 0 Å². The molecule has 0 unspecified atom stereocenters. The number of ether oxygens (including phenoxy) is 4. The Morgan fingerprint density at radius 1 is 0.926 bits per heavy atom. The van der Waals surface area contributed by atoms with E-state index in [1.165, 1.54) is 26.2 Å². The number of thiophene rings is 1. The molecule has 1 aromatic rings. The first-order chi connectivity index (χ1) is 12.8. The quantitative estimate of drug-likeness (QED) is 0.444. The van der Waals surface area contributed by atoms with Gasteiger partial charge in [-0.2, -0.15) is 5.26 Å². The monoisotopic (exact) mass is 398 g/mol. The lowest BCUT2D eigenvalue weighted by Gasteiger charge is -2.20. The molecule has 0 aliphatic heterocycles. The summed E-state index contributed by atoms with van der Waals surface area (Å²) in [4.78, 5) is 48.4. The van der Waals surface area contributed by atoms with Crippen LogP contribution < -0.4 is 4.90 Å². The Labute approximate surface area is 159 Å². The summed E-state index contributed by atoms with van der Waals surface area (Å²) in [6, 6.07) is 1.90. The van der Waals surface area contributed by atoms with Crippen molar-refractivity contribution < 1.29 is 38.1 Å². The first kappa shape index (κ1) is 21.9. The summed E-state index contributed by atoms with van der Waals surface area (Å²) in [5.74, 6) is -2.79. The number of methoxy groups -OCH3 is 4. The number of anilines is 1. The maximum Gasteiger partial charge on any atom is 0.348 e. The fourth-order valence-corrected chi connectivity index (χ4v) is 3.26. The molecule has 0 N–H and O–H groups in total. The first-order valence-corrected chi connectivity index (χ1v) is 8.23. The van der Waals surface area contributed by atoms with Gasteiger partial charge in [0.2, 0.25) is 0 Å². The highest BCUT2D eigenvalue weighted by Crippen LogP contribution is 2.37. The zero-order valence-corrected chi connectivity index (χ0v) is 16.0. The van der Waals surface area contributed by atoms with Crippen molar-refractivity contribution in [1.82, 2.24) is 0 Å². The van der Waals surface area contributed by atoms with Crippen LogP contribution in [0.1, 0.15) is 20.8 Å². The highest BCUT2D eigenvalue weighted by atomic mass is 32.1. The molecule has 0 radical (unpaired) electrons. The Morgan fingerprint density at radius 2 is 1.44 bits per heavy atom. The van der Waals surface area contributed by atoms with Crippen LogP contribution in [0.25, 0.3) is 0 Å². The Kier molecular flexibility index (Phi) is 8.22. The second kappa shape index (κ2) is 10.1. The van der Waals surface area contributed by atoms with Crippen molar-refractivity contribution in [3.8, 4) is 6.07 Å². The third-order valence-electron chi connectivity index (χ3n) is 3.40. The maximum absolute atomic E-state index is 12.1. The van der Waals surface area contributed by atoms with E-state index in [0.29, 0.717) is 0 Å². The summed E-state index contributed by atoms with van der Waals surface area (Å²) in [6.45, 7) is -0.752. The molecule has 1 aromatic heterocycles. The Hall–Kier alpha value is -3.13. The number of nitriles is 1. The van der Waals surface area contributed by atoms with E-state index in [1.54, 1.807) is 0 Å².